The van der Waals surface area contributed by atoms with Crippen LogP contribution < -0.4 is 18.1 Å². The maximum Gasteiger partial charge on any atom is 0.602 e. The van der Waals surface area contributed by atoms with E-state index in [0.29, 0.717) is 0 Å². The predicted octanol–water partition coefficient (Wildman–Crippen LogP) is 2.43. The summed E-state index contributed by atoms with van der Waals surface area (Å²) in [4.78, 5) is 25.2. The maximum atomic E-state index is 13.2. The Morgan fingerprint density at radius 2 is 0.828 bits per heavy atom. The Balaban J connectivity index is 1.64. The fraction of sp³-hybridized carbons (Fsp3) is 0. The third-order valence-corrected chi connectivity index (χ3v) is 6.07. The second kappa shape index (κ2) is 7.83. The van der Waals surface area contributed by atoms with Crippen molar-refractivity contribution >= 4 is 15.6 Å². The molecule has 152 valence electrons. The lowest BCUT2D eigenvalue weighted by molar-refractivity contribution is 0.230. The Labute approximate surface area is 161 Å². The number of nitrogens with one attached hydrogen (secondary N) is 4. The minimum absolute atomic E-state index is 0.248. The van der Waals surface area contributed by atoms with Crippen LogP contribution in [0.3, 0.4) is 0 Å². The van der Waals surface area contributed by atoms with Crippen molar-refractivity contribution in [3.8, 4) is 24.0 Å². The molecule has 29 heavy (non-hydrogen) atoms. The summed E-state index contributed by atoms with van der Waals surface area (Å²) in [5.41, 5.74) is 0. The summed E-state index contributed by atoms with van der Waals surface area (Å²) in [6.07, 6.45) is 10.9. The maximum absolute atomic E-state index is 13.2. The van der Waals surface area contributed by atoms with E-state index >= 15 is 0 Å². The first-order valence-corrected chi connectivity index (χ1v) is 10.6. The van der Waals surface area contributed by atoms with Crippen molar-refractivity contribution in [3.63, 3.8) is 0 Å². The van der Waals surface area contributed by atoms with Gasteiger partial charge in [0.2, 0.25) is 0 Å². The topological polar surface area (TPSA) is 195 Å². The molecule has 4 rings (SSSR count). The van der Waals surface area contributed by atoms with Gasteiger partial charge in [-0.3, -0.25) is 0 Å². The number of phosphoric ester groups is 2. The second-order valence-electron chi connectivity index (χ2n) is 4.92. The zero-order valence-corrected chi connectivity index (χ0v) is 15.9. The molecule has 0 saturated heterocycles. The van der Waals surface area contributed by atoms with Gasteiger partial charge in [-0.15, -0.1) is 4.31 Å². The molecule has 0 atom stereocenters. The molecule has 15 nitrogen and oxygen atoms in total. The number of aromatic amines is 4. The van der Waals surface area contributed by atoms with Crippen LogP contribution in [-0.4, -0.2) is 39.9 Å². The number of H-pyrrole nitrogens is 4. The highest BCUT2D eigenvalue weighted by Crippen LogP contribution is 2.63. The van der Waals surface area contributed by atoms with Crippen LogP contribution in [0, 0.1) is 0 Å². The van der Waals surface area contributed by atoms with E-state index in [-0.39, 0.29) is 24.0 Å². The minimum Gasteiger partial charge on any atom is -0.360 e. The SMILES string of the molecule is O=P(Oc1ncc[nH]1)(Oc1ncc[nH]1)OP(=O)(Oc1ncc[nH]1)Oc1ncc[nH]1. The first kappa shape index (κ1) is 18.8. The van der Waals surface area contributed by atoms with Crippen molar-refractivity contribution < 1.29 is 31.5 Å². The van der Waals surface area contributed by atoms with E-state index in [2.05, 4.69) is 39.9 Å². The quantitative estimate of drug-likeness (QED) is 0.263. The molecule has 0 aromatic carbocycles. The average Bonchev–Trinajstić information content (AvgIpc) is 3.43. The van der Waals surface area contributed by atoms with Gasteiger partial charge in [0.25, 0.3) is 0 Å². The van der Waals surface area contributed by atoms with Gasteiger partial charge in [-0.25, -0.2) is 29.1 Å². The highest BCUT2D eigenvalue weighted by molar-refractivity contribution is 7.63. The summed E-state index contributed by atoms with van der Waals surface area (Å²) in [6, 6.07) is -0.991. The van der Waals surface area contributed by atoms with E-state index < -0.39 is 15.6 Å². The summed E-state index contributed by atoms with van der Waals surface area (Å²) < 4.78 is 52.1. The van der Waals surface area contributed by atoms with Crippen LogP contribution in [0.5, 0.6) is 24.0 Å². The molecule has 0 unspecified atom stereocenters. The fourth-order valence-electron chi connectivity index (χ4n) is 1.85. The van der Waals surface area contributed by atoms with E-state index in [0.717, 1.165) is 0 Å². The largest absolute Gasteiger partial charge is 0.602 e. The molecule has 4 N–H and O–H groups in total. The summed E-state index contributed by atoms with van der Waals surface area (Å²) in [5.74, 6) is 0. The molecule has 0 amide bonds. The van der Waals surface area contributed by atoms with Crippen molar-refractivity contribution in [1.29, 1.82) is 0 Å². The van der Waals surface area contributed by atoms with Crippen molar-refractivity contribution in [3.05, 3.63) is 49.6 Å². The van der Waals surface area contributed by atoms with Crippen LogP contribution in [0.1, 0.15) is 0 Å². The molecule has 0 saturated carbocycles. The van der Waals surface area contributed by atoms with Crippen molar-refractivity contribution in [2.45, 2.75) is 0 Å². The molecule has 4 heterocycles. The predicted molar refractivity (Wildman–Crippen MR) is 93.2 cm³/mol. The van der Waals surface area contributed by atoms with Crippen molar-refractivity contribution in [1.82, 2.24) is 39.9 Å². The van der Waals surface area contributed by atoms with Gasteiger partial charge >= 0.3 is 39.7 Å². The third kappa shape index (κ3) is 4.85. The van der Waals surface area contributed by atoms with Crippen molar-refractivity contribution in [2.24, 2.45) is 0 Å². The number of hydrogen-bond donors (Lipinski definition) is 4. The molecular weight excluding hydrogens is 430 g/mol. The first-order chi connectivity index (χ1) is 14.0. The molecule has 0 spiro atoms. The molecule has 4 aromatic rings. The molecule has 0 fully saturated rings. The Hall–Kier alpha value is -3.54. The molecule has 4 aromatic heterocycles. The van der Waals surface area contributed by atoms with Gasteiger partial charge in [-0.2, -0.15) is 0 Å². The molecule has 0 aliphatic carbocycles. The van der Waals surface area contributed by atoms with Gasteiger partial charge in [0.1, 0.15) is 0 Å². The fourth-order valence-corrected chi connectivity index (χ4v) is 4.69. The molecule has 0 bridgehead atoms. The van der Waals surface area contributed by atoms with Crippen LogP contribution in [0.15, 0.2) is 49.6 Å². The van der Waals surface area contributed by atoms with E-state index in [1.54, 1.807) is 0 Å². The normalized spacial score (nSPS) is 11.9. The molecule has 0 radical (unpaired) electrons. The third-order valence-electron chi connectivity index (χ3n) is 2.89. The molecule has 0 aliphatic rings. The van der Waals surface area contributed by atoms with Crippen LogP contribution in [-0.2, 0) is 13.4 Å². The smallest absolute Gasteiger partial charge is 0.360 e. The monoisotopic (exact) mass is 442 g/mol. The van der Waals surface area contributed by atoms with Gasteiger partial charge in [-0.05, 0) is 0 Å². The summed E-state index contributed by atoms with van der Waals surface area (Å²) in [7, 11) is -9.48. The number of imidazole rings is 4. The first-order valence-electron chi connectivity index (χ1n) is 7.69. The summed E-state index contributed by atoms with van der Waals surface area (Å²) >= 11 is 0. The minimum atomic E-state index is -4.74. The second-order valence-corrected chi connectivity index (χ2v) is 8.09. The Morgan fingerprint density at radius 1 is 0.552 bits per heavy atom. The lowest BCUT2D eigenvalue weighted by Gasteiger charge is -2.20. The highest BCUT2D eigenvalue weighted by Gasteiger charge is 2.48. The lowest BCUT2D eigenvalue weighted by Crippen LogP contribution is -2.11. The number of phosphoric acid groups is 2. The molecule has 0 aliphatic heterocycles. The van der Waals surface area contributed by atoms with Crippen LogP contribution >= 0.6 is 15.6 Å². The van der Waals surface area contributed by atoms with Gasteiger partial charge in [0.15, 0.2) is 0 Å². The van der Waals surface area contributed by atoms with Crippen LogP contribution in [0.2, 0.25) is 0 Å². The number of hydrogen-bond acceptors (Lipinski definition) is 11. The highest BCUT2D eigenvalue weighted by atomic mass is 31.3. The number of rotatable bonds is 10. The zero-order valence-electron chi connectivity index (χ0n) is 14.2. The number of aromatic nitrogens is 8. The Morgan fingerprint density at radius 3 is 1.03 bits per heavy atom. The van der Waals surface area contributed by atoms with Crippen molar-refractivity contribution in [2.75, 3.05) is 0 Å². The number of nitrogens with zero attached hydrogens (tertiary/aromatic N) is 4. The van der Waals surface area contributed by atoms with Crippen LogP contribution in [0.4, 0.5) is 0 Å². The molecule has 17 heteroatoms. The van der Waals surface area contributed by atoms with E-state index in [1.165, 1.54) is 49.6 Å². The van der Waals surface area contributed by atoms with Gasteiger partial charge < -0.3 is 38.0 Å². The summed E-state index contributed by atoms with van der Waals surface area (Å²) in [6.45, 7) is 0. The van der Waals surface area contributed by atoms with E-state index in [9.17, 15) is 9.13 Å². The zero-order chi connectivity index (χ0) is 20.2. The lowest BCUT2D eigenvalue weighted by atomic mass is 11.0. The standard InChI is InChI=1S/C12H12N8O7P2/c21-28(23-9-13-1-2-14-9,24-10-15-3-4-16-10)27-29(22,25-11-17-5-6-18-11)26-12-19-7-8-20-12/h1-8H,(H,13,14)(H,15,16)(H,17,18)(H,19,20). The molecular formula is C12H12N8O7P2. The van der Waals surface area contributed by atoms with E-state index in [4.69, 9.17) is 22.4 Å². The average molecular weight is 442 g/mol. The van der Waals surface area contributed by atoms with Gasteiger partial charge in [-0.1, -0.05) is 0 Å². The van der Waals surface area contributed by atoms with Crippen LogP contribution in [0.25, 0.3) is 0 Å². The summed E-state index contributed by atoms with van der Waals surface area (Å²) in [5, 5.41) is 0. The Bertz CT molecular complexity index is 929. The van der Waals surface area contributed by atoms with Gasteiger partial charge in [0, 0.05) is 49.6 Å². The van der Waals surface area contributed by atoms with Gasteiger partial charge in [0.05, 0.1) is 0 Å². The Kier molecular flexibility index (Phi) is 5.08. The van der Waals surface area contributed by atoms with E-state index in [1.807, 2.05) is 0 Å².